The summed E-state index contributed by atoms with van der Waals surface area (Å²) >= 11 is 0. The van der Waals surface area contributed by atoms with Crippen molar-refractivity contribution in [2.45, 2.75) is 12.8 Å². The summed E-state index contributed by atoms with van der Waals surface area (Å²) in [5, 5.41) is 9.10. The number of carbonyl (C=O) groups is 1. The number of hydrogen-bond donors (Lipinski definition) is 1. The van der Waals surface area contributed by atoms with Crippen molar-refractivity contribution in [1.82, 2.24) is 14.5 Å². The molecule has 0 amide bonds. The van der Waals surface area contributed by atoms with Crippen LogP contribution in [0.5, 0.6) is 0 Å². The van der Waals surface area contributed by atoms with Crippen molar-refractivity contribution in [3.63, 3.8) is 0 Å². The highest BCUT2D eigenvalue weighted by Gasteiger charge is 2.16. The average Bonchev–Trinajstić information content (AvgIpc) is 3.04. The van der Waals surface area contributed by atoms with Crippen LogP contribution in [-0.2, 0) is 0 Å². The molecule has 2 aromatic heterocycles. The zero-order chi connectivity index (χ0) is 15.5. The molecule has 3 aromatic rings. The second-order valence-electron chi connectivity index (χ2n) is 5.02. The van der Waals surface area contributed by atoms with E-state index < -0.39 is 5.97 Å². The average molecular weight is 293 g/mol. The van der Waals surface area contributed by atoms with Crippen LogP contribution in [-0.4, -0.2) is 25.6 Å². The van der Waals surface area contributed by atoms with Crippen molar-refractivity contribution in [3.8, 4) is 5.69 Å². The Balaban J connectivity index is 2.02. The van der Waals surface area contributed by atoms with Crippen LogP contribution >= 0.6 is 0 Å². The lowest BCUT2D eigenvalue weighted by Gasteiger charge is -2.14. The number of carboxylic acid groups (broad SMARTS) is 1. The Bertz CT molecular complexity index is 796. The molecule has 2 heterocycles. The molecule has 1 atom stereocenters. The second kappa shape index (κ2) is 5.81. The summed E-state index contributed by atoms with van der Waals surface area (Å²) in [7, 11) is 0. The number of hydrogen-bond acceptors (Lipinski definition) is 3. The normalized spacial score (nSPS) is 12.0. The van der Waals surface area contributed by atoms with Crippen LogP contribution < -0.4 is 0 Å². The molecule has 1 aromatic carbocycles. The number of benzene rings is 1. The number of nitrogens with zero attached hydrogens (tertiary/aromatic N) is 3. The summed E-state index contributed by atoms with van der Waals surface area (Å²) in [6.45, 7) is 2.07. The molecule has 1 unspecified atom stereocenters. The standard InChI is InChI=1S/C17H15N3O2/c1-12(13-5-3-2-4-6-13)16-19-7-8-20(16)15-9-14(17(21)22)10-18-11-15/h2-12H,1H3,(H,21,22). The molecule has 0 aliphatic heterocycles. The van der Waals surface area contributed by atoms with Gasteiger partial charge in [-0.05, 0) is 11.6 Å². The first-order chi connectivity index (χ1) is 10.7. The molecule has 1 N–H and O–H groups in total. The number of aromatic carboxylic acids is 1. The third-order valence-electron chi connectivity index (χ3n) is 3.61. The molecule has 5 heteroatoms. The monoisotopic (exact) mass is 293 g/mol. The number of pyridine rings is 1. The molecule has 0 spiro atoms. The molecule has 0 radical (unpaired) electrons. The second-order valence-corrected chi connectivity index (χ2v) is 5.02. The van der Waals surface area contributed by atoms with E-state index in [2.05, 4.69) is 29.0 Å². The van der Waals surface area contributed by atoms with E-state index in [1.165, 1.54) is 6.20 Å². The van der Waals surface area contributed by atoms with Crippen LogP contribution in [0.15, 0.2) is 61.2 Å². The minimum atomic E-state index is -0.993. The largest absolute Gasteiger partial charge is 0.478 e. The zero-order valence-corrected chi connectivity index (χ0v) is 12.0. The molecular formula is C17H15N3O2. The smallest absolute Gasteiger partial charge is 0.337 e. The Kier molecular flexibility index (Phi) is 3.70. The first kappa shape index (κ1) is 14.0. The van der Waals surface area contributed by atoms with Crippen LogP contribution in [0.25, 0.3) is 5.69 Å². The lowest BCUT2D eigenvalue weighted by Crippen LogP contribution is -2.07. The third-order valence-corrected chi connectivity index (χ3v) is 3.61. The van der Waals surface area contributed by atoms with Crippen LogP contribution in [0.3, 0.4) is 0 Å². The van der Waals surface area contributed by atoms with E-state index in [0.717, 1.165) is 11.4 Å². The maximum Gasteiger partial charge on any atom is 0.337 e. The molecule has 0 saturated heterocycles. The van der Waals surface area contributed by atoms with Crippen molar-refractivity contribution in [1.29, 1.82) is 0 Å². The van der Waals surface area contributed by atoms with Crippen molar-refractivity contribution >= 4 is 5.97 Å². The SMILES string of the molecule is CC(c1ccccc1)c1nccn1-c1cncc(C(=O)O)c1. The van der Waals surface area contributed by atoms with Gasteiger partial charge in [0.1, 0.15) is 5.82 Å². The molecule has 0 bridgehead atoms. The Hall–Kier alpha value is -2.95. The van der Waals surface area contributed by atoms with Gasteiger partial charge in [0, 0.05) is 24.5 Å². The van der Waals surface area contributed by atoms with E-state index in [4.69, 9.17) is 5.11 Å². The molecule has 110 valence electrons. The van der Waals surface area contributed by atoms with E-state index >= 15 is 0 Å². The van der Waals surface area contributed by atoms with Crippen molar-refractivity contribution in [2.24, 2.45) is 0 Å². The van der Waals surface area contributed by atoms with Crippen LogP contribution in [0.1, 0.15) is 34.6 Å². The summed E-state index contributed by atoms with van der Waals surface area (Å²) < 4.78 is 1.87. The minimum absolute atomic E-state index is 0.0877. The number of imidazole rings is 1. The molecule has 0 aliphatic carbocycles. The topological polar surface area (TPSA) is 68.0 Å². The van der Waals surface area contributed by atoms with Gasteiger partial charge in [0.05, 0.1) is 17.4 Å². The molecule has 0 fully saturated rings. The maximum atomic E-state index is 11.1. The summed E-state index contributed by atoms with van der Waals surface area (Å²) in [6.07, 6.45) is 6.50. The van der Waals surface area contributed by atoms with Crippen LogP contribution in [0.4, 0.5) is 0 Å². The van der Waals surface area contributed by atoms with Gasteiger partial charge in [-0.25, -0.2) is 9.78 Å². The predicted molar refractivity (Wildman–Crippen MR) is 82.3 cm³/mol. The summed E-state index contributed by atoms with van der Waals surface area (Å²) in [6, 6.07) is 11.7. The molecule has 0 aliphatic rings. The number of carboxylic acids is 1. The van der Waals surface area contributed by atoms with Crippen LogP contribution in [0.2, 0.25) is 0 Å². The van der Waals surface area contributed by atoms with Gasteiger partial charge in [-0.3, -0.25) is 4.98 Å². The molecule has 0 saturated carbocycles. The number of aromatic nitrogens is 3. The minimum Gasteiger partial charge on any atom is -0.478 e. The van der Waals surface area contributed by atoms with Gasteiger partial charge in [0.15, 0.2) is 0 Å². The summed E-state index contributed by atoms with van der Waals surface area (Å²) in [4.78, 5) is 19.5. The fraction of sp³-hybridized carbons (Fsp3) is 0.118. The first-order valence-electron chi connectivity index (χ1n) is 6.93. The van der Waals surface area contributed by atoms with Gasteiger partial charge in [-0.2, -0.15) is 0 Å². The van der Waals surface area contributed by atoms with Crippen molar-refractivity contribution < 1.29 is 9.90 Å². The quantitative estimate of drug-likeness (QED) is 0.802. The van der Waals surface area contributed by atoms with E-state index in [-0.39, 0.29) is 11.5 Å². The number of rotatable bonds is 4. The Morgan fingerprint density at radius 2 is 2.00 bits per heavy atom. The fourth-order valence-corrected chi connectivity index (χ4v) is 2.42. The highest BCUT2D eigenvalue weighted by molar-refractivity contribution is 5.87. The van der Waals surface area contributed by atoms with E-state index in [9.17, 15) is 4.79 Å². The molecule has 5 nitrogen and oxygen atoms in total. The van der Waals surface area contributed by atoms with Gasteiger partial charge in [-0.15, -0.1) is 0 Å². The van der Waals surface area contributed by atoms with E-state index in [0.29, 0.717) is 5.69 Å². The van der Waals surface area contributed by atoms with Gasteiger partial charge in [-0.1, -0.05) is 37.3 Å². The van der Waals surface area contributed by atoms with Gasteiger partial charge in [0.25, 0.3) is 0 Å². The van der Waals surface area contributed by atoms with E-state index in [1.54, 1.807) is 18.5 Å². The maximum absolute atomic E-state index is 11.1. The Labute approximate surface area is 127 Å². The first-order valence-corrected chi connectivity index (χ1v) is 6.93. The predicted octanol–water partition coefficient (Wildman–Crippen LogP) is 3.12. The Morgan fingerprint density at radius 1 is 1.23 bits per heavy atom. The fourth-order valence-electron chi connectivity index (χ4n) is 2.42. The third kappa shape index (κ3) is 2.61. The molecule has 22 heavy (non-hydrogen) atoms. The van der Waals surface area contributed by atoms with E-state index in [1.807, 2.05) is 29.0 Å². The summed E-state index contributed by atoms with van der Waals surface area (Å²) in [5.41, 5.74) is 2.00. The lowest BCUT2D eigenvalue weighted by molar-refractivity contribution is 0.0696. The van der Waals surface area contributed by atoms with Gasteiger partial charge >= 0.3 is 5.97 Å². The highest BCUT2D eigenvalue weighted by atomic mass is 16.4. The Morgan fingerprint density at radius 3 is 2.73 bits per heavy atom. The van der Waals surface area contributed by atoms with Crippen molar-refractivity contribution in [3.05, 3.63) is 78.1 Å². The molecule has 3 rings (SSSR count). The van der Waals surface area contributed by atoms with Gasteiger partial charge < -0.3 is 9.67 Å². The van der Waals surface area contributed by atoms with Crippen LogP contribution in [0, 0.1) is 0 Å². The molecular weight excluding hydrogens is 278 g/mol. The summed E-state index contributed by atoms with van der Waals surface area (Å²) in [5.74, 6) is -0.0626. The van der Waals surface area contributed by atoms with Gasteiger partial charge in [0.2, 0.25) is 0 Å². The highest BCUT2D eigenvalue weighted by Crippen LogP contribution is 2.24. The zero-order valence-electron chi connectivity index (χ0n) is 12.0. The van der Waals surface area contributed by atoms with Crippen molar-refractivity contribution in [2.75, 3.05) is 0 Å². The lowest BCUT2D eigenvalue weighted by atomic mass is 10.0.